The second-order valence-corrected chi connectivity index (χ2v) is 11.3. The van der Waals surface area contributed by atoms with Crippen LogP contribution in [0.2, 0.25) is 0 Å². The molecule has 0 fully saturated rings. The summed E-state index contributed by atoms with van der Waals surface area (Å²) in [4.78, 5) is 36.4. The van der Waals surface area contributed by atoms with Crippen molar-refractivity contribution < 1.29 is 29.0 Å². The number of aliphatic carboxylic acids is 1. The molecule has 0 saturated heterocycles. The van der Waals surface area contributed by atoms with E-state index in [1.54, 1.807) is 12.1 Å². The third-order valence-corrected chi connectivity index (χ3v) is 7.64. The summed E-state index contributed by atoms with van der Waals surface area (Å²) in [5, 5.41) is 12.1. The number of amides is 1. The molecule has 0 aliphatic heterocycles. The van der Waals surface area contributed by atoms with Gasteiger partial charge in [-0.2, -0.15) is 0 Å². The molecule has 0 heterocycles. The quantitative estimate of drug-likeness (QED) is 0.0852. The summed E-state index contributed by atoms with van der Waals surface area (Å²) in [5.74, 6) is -1.66. The summed E-state index contributed by atoms with van der Waals surface area (Å²) in [6.45, 7) is 4.12. The fraction of sp³-hybridized carbons (Fsp3) is 0.583. The number of benzene rings is 2. The van der Waals surface area contributed by atoms with Gasteiger partial charge in [0, 0.05) is 23.6 Å². The lowest BCUT2D eigenvalue weighted by Gasteiger charge is -2.15. The van der Waals surface area contributed by atoms with Crippen LogP contribution in [0.15, 0.2) is 54.6 Å². The second-order valence-electron chi connectivity index (χ2n) is 11.3. The van der Waals surface area contributed by atoms with Crippen molar-refractivity contribution in [1.82, 2.24) is 5.32 Å². The van der Waals surface area contributed by atoms with Crippen LogP contribution in [0.4, 0.5) is 0 Å². The Balaban J connectivity index is 1.50. The molecule has 0 aliphatic carbocycles. The predicted molar refractivity (Wildman–Crippen MR) is 171 cm³/mol. The van der Waals surface area contributed by atoms with Crippen LogP contribution in [0.5, 0.6) is 0 Å². The Labute approximate surface area is 258 Å². The minimum atomic E-state index is -0.940. The van der Waals surface area contributed by atoms with Crippen LogP contribution in [-0.2, 0) is 25.7 Å². The Bertz CT molecular complexity index is 1020. The number of carbonyl (C=O) groups is 3. The number of hydrogen-bond acceptors (Lipinski definition) is 5. The van der Waals surface area contributed by atoms with E-state index in [1.165, 1.54) is 57.8 Å². The van der Waals surface area contributed by atoms with Crippen LogP contribution < -0.4 is 5.32 Å². The highest BCUT2D eigenvalue weighted by atomic mass is 16.5. The Morgan fingerprint density at radius 2 is 1.26 bits per heavy atom. The molecule has 2 aromatic rings. The van der Waals surface area contributed by atoms with Gasteiger partial charge >= 0.3 is 5.97 Å². The van der Waals surface area contributed by atoms with Crippen LogP contribution >= 0.6 is 0 Å². The number of unbranched alkanes of at least 4 members (excludes halogenated alkanes) is 11. The molecular weight excluding hydrogens is 542 g/mol. The molecule has 1 unspecified atom stereocenters. The number of ketones is 1. The molecule has 0 radical (unpaired) electrons. The van der Waals surface area contributed by atoms with Gasteiger partial charge in [-0.3, -0.25) is 14.4 Å². The summed E-state index contributed by atoms with van der Waals surface area (Å²) < 4.78 is 11.2. The minimum Gasteiger partial charge on any atom is -0.481 e. The van der Waals surface area contributed by atoms with Crippen molar-refractivity contribution in [2.75, 3.05) is 26.4 Å². The van der Waals surface area contributed by atoms with Crippen molar-refractivity contribution in [3.05, 3.63) is 71.3 Å². The molecule has 2 N–H and O–H groups in total. The van der Waals surface area contributed by atoms with E-state index in [9.17, 15) is 19.5 Å². The first-order chi connectivity index (χ1) is 21.0. The average molecular weight is 596 g/mol. The molecule has 0 bridgehead atoms. The monoisotopic (exact) mass is 595 g/mol. The van der Waals surface area contributed by atoms with Crippen LogP contribution in [0.25, 0.3) is 0 Å². The molecule has 0 aliphatic rings. The lowest BCUT2D eigenvalue weighted by Crippen LogP contribution is -2.34. The summed E-state index contributed by atoms with van der Waals surface area (Å²) in [6, 6.07) is 16.6. The van der Waals surface area contributed by atoms with Gasteiger partial charge in [-0.1, -0.05) is 139 Å². The Morgan fingerprint density at radius 3 is 1.86 bits per heavy atom. The Kier molecular flexibility index (Phi) is 19.7. The maximum Gasteiger partial charge on any atom is 0.304 e. The smallest absolute Gasteiger partial charge is 0.304 e. The van der Waals surface area contributed by atoms with Gasteiger partial charge in [0.05, 0.1) is 32.8 Å². The molecule has 43 heavy (non-hydrogen) atoms. The zero-order valence-corrected chi connectivity index (χ0v) is 26.2. The van der Waals surface area contributed by atoms with Crippen molar-refractivity contribution in [2.45, 2.75) is 103 Å². The van der Waals surface area contributed by atoms with Gasteiger partial charge < -0.3 is 19.9 Å². The second kappa shape index (κ2) is 23.4. The number of ether oxygens (including phenoxy) is 2. The summed E-state index contributed by atoms with van der Waals surface area (Å²) in [7, 11) is 0. The van der Waals surface area contributed by atoms with E-state index < -0.39 is 11.9 Å². The molecule has 0 saturated carbocycles. The van der Waals surface area contributed by atoms with E-state index in [0.717, 1.165) is 24.8 Å². The number of nitrogens with one attached hydrogen (secondary N) is 1. The Hall–Kier alpha value is -3.03. The molecule has 2 rings (SSSR count). The fourth-order valence-corrected chi connectivity index (χ4v) is 5.08. The summed E-state index contributed by atoms with van der Waals surface area (Å²) in [5.41, 5.74) is 2.27. The maximum absolute atomic E-state index is 12.6. The number of carbonyl (C=O) groups excluding carboxylic acids is 2. The van der Waals surface area contributed by atoms with Crippen molar-refractivity contribution in [3.8, 4) is 0 Å². The van der Waals surface area contributed by atoms with Crippen molar-refractivity contribution in [2.24, 2.45) is 5.92 Å². The topological polar surface area (TPSA) is 102 Å². The lowest BCUT2D eigenvalue weighted by atomic mass is 9.96. The predicted octanol–water partition coefficient (Wildman–Crippen LogP) is 7.75. The van der Waals surface area contributed by atoms with Crippen LogP contribution in [0.1, 0.15) is 118 Å². The van der Waals surface area contributed by atoms with E-state index in [0.29, 0.717) is 50.5 Å². The van der Waals surface area contributed by atoms with Crippen molar-refractivity contribution >= 4 is 17.7 Å². The van der Waals surface area contributed by atoms with Gasteiger partial charge in [0.1, 0.15) is 0 Å². The molecule has 238 valence electrons. The lowest BCUT2D eigenvalue weighted by molar-refractivity contribution is -0.141. The molecule has 1 atom stereocenters. The summed E-state index contributed by atoms with van der Waals surface area (Å²) >= 11 is 0. The van der Waals surface area contributed by atoms with E-state index in [1.807, 2.05) is 42.5 Å². The van der Waals surface area contributed by atoms with E-state index in [-0.39, 0.29) is 18.1 Å². The van der Waals surface area contributed by atoms with Gasteiger partial charge in [-0.15, -0.1) is 0 Å². The standard InChI is InChI=1S/C36H53NO6/c1-2-3-4-5-6-7-8-9-10-11-12-14-19-33(28-34(38)39)36(41)37-24-25-42-26-27-43-29-30-20-22-32(23-21-30)35(40)31-17-15-13-16-18-31/h13,15-18,20-23,33H,2-12,14,19,24-29H2,1H3,(H,37,41)(H,38,39). The van der Waals surface area contributed by atoms with Crippen LogP contribution in [0.3, 0.4) is 0 Å². The normalized spacial score (nSPS) is 11.7. The molecule has 7 nitrogen and oxygen atoms in total. The molecule has 7 heteroatoms. The van der Waals surface area contributed by atoms with Crippen LogP contribution in [0, 0.1) is 5.92 Å². The van der Waals surface area contributed by atoms with Crippen molar-refractivity contribution in [3.63, 3.8) is 0 Å². The third kappa shape index (κ3) is 17.0. The molecule has 0 spiro atoms. The van der Waals surface area contributed by atoms with E-state index >= 15 is 0 Å². The number of carboxylic acid groups (broad SMARTS) is 1. The van der Waals surface area contributed by atoms with Crippen LogP contribution in [-0.4, -0.2) is 49.1 Å². The number of hydrogen-bond donors (Lipinski definition) is 2. The van der Waals surface area contributed by atoms with Gasteiger partial charge in [0.25, 0.3) is 0 Å². The highest BCUT2D eigenvalue weighted by Gasteiger charge is 2.21. The minimum absolute atomic E-state index is 0.00724. The number of rotatable bonds is 26. The molecule has 0 aromatic heterocycles. The van der Waals surface area contributed by atoms with E-state index in [2.05, 4.69) is 12.2 Å². The zero-order valence-electron chi connectivity index (χ0n) is 26.2. The van der Waals surface area contributed by atoms with Crippen molar-refractivity contribution in [1.29, 1.82) is 0 Å². The summed E-state index contributed by atoms with van der Waals surface area (Å²) in [6.07, 6.45) is 15.4. The molecular formula is C36H53NO6. The maximum atomic E-state index is 12.6. The zero-order chi connectivity index (χ0) is 31.0. The largest absolute Gasteiger partial charge is 0.481 e. The van der Waals surface area contributed by atoms with Gasteiger partial charge in [0.2, 0.25) is 5.91 Å². The molecule has 2 aromatic carbocycles. The first-order valence-electron chi connectivity index (χ1n) is 16.3. The highest BCUT2D eigenvalue weighted by Crippen LogP contribution is 2.17. The van der Waals surface area contributed by atoms with Gasteiger partial charge in [-0.05, 0) is 12.0 Å². The SMILES string of the molecule is CCCCCCCCCCCCCCC(CC(=O)O)C(=O)NCCOCCOCc1ccc(C(=O)c2ccccc2)cc1. The average Bonchev–Trinajstić information content (AvgIpc) is 3.02. The first-order valence-corrected chi connectivity index (χ1v) is 16.3. The molecule has 1 amide bonds. The fourth-order valence-electron chi connectivity index (χ4n) is 5.08. The van der Waals surface area contributed by atoms with E-state index in [4.69, 9.17) is 9.47 Å². The van der Waals surface area contributed by atoms with Gasteiger partial charge in [-0.25, -0.2) is 0 Å². The highest BCUT2D eigenvalue weighted by molar-refractivity contribution is 6.08. The first kappa shape index (κ1) is 36.2. The number of carboxylic acids is 1. The van der Waals surface area contributed by atoms with Gasteiger partial charge in [0.15, 0.2) is 5.78 Å². The Morgan fingerprint density at radius 1 is 0.698 bits per heavy atom. The third-order valence-electron chi connectivity index (χ3n) is 7.64.